The Morgan fingerprint density at radius 1 is 1.38 bits per heavy atom. The van der Waals surface area contributed by atoms with Crippen molar-refractivity contribution >= 4 is 52.3 Å². The van der Waals surface area contributed by atoms with Crippen LogP contribution in [0.5, 0.6) is 0 Å². The molecule has 11 nitrogen and oxygen atoms in total. The van der Waals surface area contributed by atoms with Gasteiger partial charge in [0.1, 0.15) is 10.4 Å². The molecule has 0 aromatic carbocycles. The molecule has 2 aliphatic rings. The van der Waals surface area contributed by atoms with E-state index >= 15 is 0 Å². The van der Waals surface area contributed by atoms with Crippen molar-refractivity contribution in [2.45, 2.75) is 28.4 Å². The number of carboxylic acids is 1. The van der Waals surface area contributed by atoms with Crippen molar-refractivity contribution in [2.24, 2.45) is 5.41 Å². The fourth-order valence-electron chi connectivity index (χ4n) is 3.58. The van der Waals surface area contributed by atoms with E-state index in [9.17, 15) is 28.9 Å². The van der Waals surface area contributed by atoms with E-state index in [2.05, 4.69) is 10.1 Å². The molecule has 15 heteroatoms. The Labute approximate surface area is 228 Å². The van der Waals surface area contributed by atoms with Gasteiger partial charge in [0.25, 0.3) is 5.91 Å². The molecule has 34 heavy (non-hydrogen) atoms. The molecule has 4 atom stereocenters. The summed E-state index contributed by atoms with van der Waals surface area (Å²) in [4.78, 5) is 43.1. The first-order valence-corrected chi connectivity index (χ1v) is 12.8. The summed E-state index contributed by atoms with van der Waals surface area (Å²) in [5.41, 5.74) is -1.38. The predicted molar refractivity (Wildman–Crippen MR) is 116 cm³/mol. The summed E-state index contributed by atoms with van der Waals surface area (Å²) in [6, 6.07) is 6.88. The van der Waals surface area contributed by atoms with E-state index in [1.54, 1.807) is 18.2 Å². The van der Waals surface area contributed by atoms with Crippen LogP contribution in [0.2, 0.25) is 0 Å². The zero-order valence-electron chi connectivity index (χ0n) is 18.2. The standard InChI is InChI=1S/C19H19N5O6S3.Na/c1-12(25)24(33(30)14-6-2-3-7-20-14)15-16(26)22-9-19(18(27)28,11-32-17(15)22)10-31-13-5-4-8-23(29)21-13;/h2-8,15,17H,9-11H2,1H3,(H,27,28);/q;+1/p-1/t15?,17-,19?,33?;/m1./s1. The molecule has 2 aliphatic heterocycles. The number of nitrogens with zero attached hydrogens (tertiary/aromatic N) is 5. The van der Waals surface area contributed by atoms with Crippen molar-refractivity contribution in [3.63, 3.8) is 0 Å². The number of hydrogen-bond donors (Lipinski definition) is 0. The van der Waals surface area contributed by atoms with Crippen LogP contribution >= 0.6 is 23.5 Å². The van der Waals surface area contributed by atoms with Gasteiger partial charge in [-0.3, -0.25) is 9.59 Å². The summed E-state index contributed by atoms with van der Waals surface area (Å²) in [5, 5.41) is 27.1. The molecule has 4 heterocycles. The molecular formula is C19H18N5NaO6S3. The molecule has 2 saturated heterocycles. The number of carbonyl (C=O) groups excluding carboxylic acids is 3. The number of β-lactam (4-membered cyclic amide) rings is 1. The molecule has 2 fully saturated rings. The molecule has 0 spiro atoms. The molecule has 0 radical (unpaired) electrons. The molecule has 2 amide bonds. The van der Waals surface area contributed by atoms with Crippen LogP contribution in [0.15, 0.2) is 52.8 Å². The number of carboxylic acid groups (broad SMARTS) is 1. The first-order chi connectivity index (χ1) is 15.7. The van der Waals surface area contributed by atoms with E-state index in [1.165, 1.54) is 48.1 Å². The van der Waals surface area contributed by atoms with Gasteiger partial charge in [-0.2, -0.15) is 0 Å². The van der Waals surface area contributed by atoms with Crippen molar-refractivity contribution < 1.29 is 58.1 Å². The fourth-order valence-corrected chi connectivity index (χ4v) is 7.60. The summed E-state index contributed by atoms with van der Waals surface area (Å²) >= 11 is 2.28. The normalized spacial score (nSPS) is 24.3. The van der Waals surface area contributed by atoms with Crippen LogP contribution < -0.4 is 39.5 Å². The molecule has 0 bridgehead atoms. The zero-order valence-corrected chi connectivity index (χ0v) is 22.7. The maximum Gasteiger partial charge on any atom is 1.00 e. The second kappa shape index (κ2) is 10.9. The maximum atomic E-state index is 13.0. The van der Waals surface area contributed by atoms with Gasteiger partial charge in [0.15, 0.2) is 22.1 Å². The maximum absolute atomic E-state index is 13.0. The van der Waals surface area contributed by atoms with Crippen molar-refractivity contribution in [1.82, 2.24) is 19.3 Å². The van der Waals surface area contributed by atoms with Crippen molar-refractivity contribution in [2.75, 3.05) is 18.1 Å². The van der Waals surface area contributed by atoms with E-state index in [0.717, 1.165) is 16.1 Å². The summed E-state index contributed by atoms with van der Waals surface area (Å²) in [6.45, 7) is 1.10. The van der Waals surface area contributed by atoms with Gasteiger partial charge in [-0.25, -0.2) is 13.5 Å². The van der Waals surface area contributed by atoms with Crippen LogP contribution in [0.3, 0.4) is 0 Å². The van der Waals surface area contributed by atoms with Gasteiger partial charge in [-0.1, -0.05) is 22.7 Å². The number of pyridine rings is 1. The van der Waals surface area contributed by atoms with Crippen LogP contribution in [0, 0.1) is 10.6 Å². The van der Waals surface area contributed by atoms with E-state index < -0.39 is 45.6 Å². The first kappa shape index (κ1) is 26.9. The third-order valence-electron chi connectivity index (χ3n) is 5.25. The number of aliphatic carboxylic acids is 1. The van der Waals surface area contributed by atoms with Crippen molar-refractivity contribution in [1.29, 1.82) is 0 Å². The molecule has 3 unspecified atom stereocenters. The van der Waals surface area contributed by atoms with Gasteiger partial charge in [0, 0.05) is 47.8 Å². The molecule has 2 aromatic rings. The Hall–Kier alpha value is -1.71. The van der Waals surface area contributed by atoms with Crippen LogP contribution in [0.25, 0.3) is 0 Å². The van der Waals surface area contributed by atoms with Crippen LogP contribution in [-0.4, -0.2) is 70.7 Å². The predicted octanol–water partition coefficient (Wildman–Crippen LogP) is -4.20. The van der Waals surface area contributed by atoms with Crippen molar-refractivity contribution in [3.8, 4) is 0 Å². The number of hydrogen-bond acceptors (Lipinski definition) is 10. The minimum atomic E-state index is -1.99. The SMILES string of the molecule is CC(=O)N(C1C(=O)N2CC(CSc3ccc[n+]([O-])n3)(C(=O)[O-])CS[C@H]12)S(=O)c1ccccn1.[Na+]. The smallest absolute Gasteiger partial charge is 0.594 e. The molecular weight excluding hydrogens is 513 g/mol. The first-order valence-electron chi connectivity index (χ1n) is 9.69. The second-order valence-corrected chi connectivity index (χ2v) is 10.9. The number of aromatic nitrogens is 3. The van der Waals surface area contributed by atoms with E-state index in [4.69, 9.17) is 0 Å². The monoisotopic (exact) mass is 531 g/mol. The Kier molecular flexibility index (Phi) is 8.63. The van der Waals surface area contributed by atoms with E-state index in [1.807, 2.05) is 0 Å². The summed E-state index contributed by atoms with van der Waals surface area (Å²) in [5.74, 6) is -2.21. The second-order valence-electron chi connectivity index (χ2n) is 7.48. The van der Waals surface area contributed by atoms with Gasteiger partial charge in [-0.15, -0.1) is 11.8 Å². The van der Waals surface area contributed by atoms with E-state index in [-0.39, 0.29) is 52.6 Å². The number of rotatable bonds is 7. The van der Waals surface area contributed by atoms with Crippen LogP contribution in [0.1, 0.15) is 6.92 Å². The quantitative estimate of drug-likeness (QED) is 0.113. The van der Waals surface area contributed by atoms with Crippen LogP contribution in [0.4, 0.5) is 0 Å². The summed E-state index contributed by atoms with van der Waals surface area (Å²) in [7, 11) is -1.99. The zero-order chi connectivity index (χ0) is 23.8. The summed E-state index contributed by atoms with van der Waals surface area (Å²) < 4.78 is 14.0. The molecule has 4 rings (SSSR count). The topological polar surface area (TPSA) is 151 Å². The Balaban J connectivity index is 0.00000324. The number of amides is 2. The Morgan fingerprint density at radius 2 is 2.15 bits per heavy atom. The molecule has 174 valence electrons. The summed E-state index contributed by atoms with van der Waals surface area (Å²) in [6.07, 6.45) is 2.66. The average Bonchev–Trinajstić information content (AvgIpc) is 2.80. The molecule has 0 saturated carbocycles. The number of fused-ring (bicyclic) bond motifs is 1. The van der Waals surface area contributed by atoms with Gasteiger partial charge in [0.05, 0.1) is 5.97 Å². The fraction of sp³-hybridized carbons (Fsp3) is 0.368. The Morgan fingerprint density at radius 3 is 2.76 bits per heavy atom. The van der Waals surface area contributed by atoms with Gasteiger partial charge in [-0.05, 0) is 18.2 Å². The van der Waals surface area contributed by atoms with Crippen LogP contribution in [-0.2, 0) is 25.4 Å². The Bertz CT molecular complexity index is 1130. The van der Waals surface area contributed by atoms with Gasteiger partial charge >= 0.3 is 29.6 Å². The van der Waals surface area contributed by atoms with Gasteiger partial charge in [0.2, 0.25) is 12.1 Å². The largest absolute Gasteiger partial charge is 1.00 e. The van der Waals surface area contributed by atoms with Gasteiger partial charge < -0.3 is 20.0 Å². The third kappa shape index (κ3) is 5.11. The molecule has 0 aliphatic carbocycles. The van der Waals surface area contributed by atoms with Crippen molar-refractivity contribution in [3.05, 3.63) is 47.9 Å². The molecule has 2 aromatic heterocycles. The molecule has 0 N–H and O–H groups in total. The minimum Gasteiger partial charge on any atom is -0.594 e. The average molecular weight is 532 g/mol. The van der Waals surface area contributed by atoms with E-state index in [0.29, 0.717) is 9.87 Å². The number of carbonyl (C=O) groups is 3. The minimum absolute atomic E-state index is 0. The third-order valence-corrected chi connectivity index (χ3v) is 9.48. The number of thioether (sulfide) groups is 2.